The molecular formula is C18H19N7S. The average molecular weight is 365 g/mol. The molecule has 2 atom stereocenters. The minimum atomic E-state index is 0.476. The van der Waals surface area contributed by atoms with Crippen molar-refractivity contribution in [1.82, 2.24) is 34.3 Å². The zero-order chi connectivity index (χ0) is 18.0. The van der Waals surface area contributed by atoms with Crippen molar-refractivity contribution in [2.45, 2.75) is 39.0 Å². The quantitative estimate of drug-likeness (QED) is 0.557. The van der Waals surface area contributed by atoms with Gasteiger partial charge in [0, 0.05) is 30.0 Å². The van der Waals surface area contributed by atoms with Gasteiger partial charge in [0.25, 0.3) is 5.78 Å². The first kappa shape index (κ1) is 15.6. The van der Waals surface area contributed by atoms with Gasteiger partial charge < -0.3 is 0 Å². The molecule has 4 aromatic rings. The van der Waals surface area contributed by atoms with E-state index in [1.807, 2.05) is 31.8 Å². The van der Waals surface area contributed by atoms with Crippen LogP contribution >= 0.6 is 11.3 Å². The van der Waals surface area contributed by atoms with Gasteiger partial charge in [-0.25, -0.2) is 19.5 Å². The highest BCUT2D eigenvalue weighted by Crippen LogP contribution is 2.55. The molecule has 5 rings (SSSR count). The van der Waals surface area contributed by atoms with Crippen LogP contribution in [0.3, 0.4) is 0 Å². The largest absolute Gasteiger partial charge is 0.266 e. The van der Waals surface area contributed by atoms with Gasteiger partial charge in [-0.05, 0) is 33.3 Å². The zero-order valence-electron chi connectivity index (χ0n) is 15.1. The van der Waals surface area contributed by atoms with Crippen molar-refractivity contribution in [3.63, 3.8) is 0 Å². The molecule has 7 nitrogen and oxygen atoms in total. The first-order chi connectivity index (χ1) is 12.5. The first-order valence-electron chi connectivity index (χ1n) is 8.67. The monoisotopic (exact) mass is 365 g/mol. The summed E-state index contributed by atoms with van der Waals surface area (Å²) >= 11 is 1.79. The molecule has 132 valence electrons. The van der Waals surface area contributed by atoms with E-state index in [-0.39, 0.29) is 0 Å². The van der Waals surface area contributed by atoms with Crippen molar-refractivity contribution < 1.29 is 0 Å². The summed E-state index contributed by atoms with van der Waals surface area (Å²) in [4.78, 5) is 14.6. The summed E-state index contributed by atoms with van der Waals surface area (Å²) in [6.45, 7) is 6.04. The standard InChI is InChI=1S/C18H19N7S/c1-9-10(2)25-18(21-9)20-7-15(23-25)16-6-14(22-24(16)4)12-5-13(12)17-8-19-11(3)26-17/h6-8,12-13H,5H2,1-4H3/t12-,13-/m1/s1. The Morgan fingerprint density at radius 1 is 1.08 bits per heavy atom. The van der Waals surface area contributed by atoms with Crippen LogP contribution in [0.25, 0.3) is 17.2 Å². The molecule has 1 fully saturated rings. The number of nitrogens with zero attached hydrogens (tertiary/aromatic N) is 7. The summed E-state index contributed by atoms with van der Waals surface area (Å²) in [6.07, 6.45) is 4.93. The van der Waals surface area contributed by atoms with Crippen LogP contribution in [0.2, 0.25) is 0 Å². The fraction of sp³-hybridized carbons (Fsp3) is 0.389. The van der Waals surface area contributed by atoms with Crippen molar-refractivity contribution >= 4 is 17.1 Å². The lowest BCUT2D eigenvalue weighted by Crippen LogP contribution is -2.02. The minimum absolute atomic E-state index is 0.476. The van der Waals surface area contributed by atoms with Gasteiger partial charge in [0.2, 0.25) is 0 Å². The lowest BCUT2D eigenvalue weighted by atomic mass is 10.2. The number of fused-ring (bicyclic) bond motifs is 1. The smallest absolute Gasteiger partial charge is 0.251 e. The van der Waals surface area contributed by atoms with Gasteiger partial charge in [-0.1, -0.05) is 0 Å². The minimum Gasteiger partial charge on any atom is -0.266 e. The van der Waals surface area contributed by atoms with Crippen LogP contribution in [0, 0.1) is 20.8 Å². The van der Waals surface area contributed by atoms with Crippen molar-refractivity contribution in [2.24, 2.45) is 7.05 Å². The fourth-order valence-corrected chi connectivity index (χ4v) is 4.41. The van der Waals surface area contributed by atoms with Gasteiger partial charge in [-0.3, -0.25) is 4.68 Å². The molecule has 26 heavy (non-hydrogen) atoms. The molecule has 0 radical (unpaired) electrons. The number of thiazole rings is 1. The molecule has 0 amide bonds. The van der Waals surface area contributed by atoms with Crippen LogP contribution in [-0.2, 0) is 7.05 Å². The fourth-order valence-electron chi connectivity index (χ4n) is 3.45. The zero-order valence-corrected chi connectivity index (χ0v) is 15.9. The highest BCUT2D eigenvalue weighted by Gasteiger charge is 2.42. The molecule has 0 saturated heterocycles. The topological polar surface area (TPSA) is 73.8 Å². The Hall–Kier alpha value is -2.61. The van der Waals surface area contributed by atoms with Crippen LogP contribution in [0.1, 0.15) is 45.2 Å². The Balaban J connectivity index is 1.49. The lowest BCUT2D eigenvalue weighted by Gasteiger charge is -2.01. The van der Waals surface area contributed by atoms with Gasteiger partial charge in [0.15, 0.2) is 0 Å². The van der Waals surface area contributed by atoms with Crippen LogP contribution in [0.4, 0.5) is 0 Å². The normalized spacial score (nSPS) is 19.4. The van der Waals surface area contributed by atoms with Crippen molar-refractivity contribution in [3.05, 3.63) is 45.4 Å². The van der Waals surface area contributed by atoms with E-state index in [0.29, 0.717) is 17.6 Å². The van der Waals surface area contributed by atoms with Gasteiger partial charge >= 0.3 is 0 Å². The second-order valence-electron chi connectivity index (χ2n) is 6.95. The second kappa shape index (κ2) is 5.44. The summed E-state index contributed by atoms with van der Waals surface area (Å²) in [6, 6.07) is 2.15. The number of hydrogen-bond donors (Lipinski definition) is 0. The molecule has 0 unspecified atom stereocenters. The Morgan fingerprint density at radius 3 is 2.69 bits per heavy atom. The third kappa shape index (κ3) is 2.36. The van der Waals surface area contributed by atoms with Gasteiger partial charge in [-0.15, -0.1) is 11.3 Å². The van der Waals surface area contributed by atoms with E-state index in [9.17, 15) is 0 Å². The van der Waals surface area contributed by atoms with E-state index in [1.165, 1.54) is 4.88 Å². The molecule has 4 heterocycles. The third-order valence-electron chi connectivity index (χ3n) is 5.14. The first-order valence-corrected chi connectivity index (χ1v) is 9.48. The van der Waals surface area contributed by atoms with E-state index in [2.05, 4.69) is 27.9 Å². The van der Waals surface area contributed by atoms with E-state index < -0.39 is 0 Å². The number of rotatable bonds is 3. The Kier molecular flexibility index (Phi) is 3.27. The van der Waals surface area contributed by atoms with Gasteiger partial charge in [0.1, 0.15) is 5.69 Å². The molecular weight excluding hydrogens is 346 g/mol. The van der Waals surface area contributed by atoms with Crippen molar-refractivity contribution in [1.29, 1.82) is 0 Å². The molecule has 0 bridgehead atoms. The van der Waals surface area contributed by atoms with E-state index >= 15 is 0 Å². The third-order valence-corrected chi connectivity index (χ3v) is 6.19. The summed E-state index contributed by atoms with van der Waals surface area (Å²) in [5.41, 5.74) is 4.88. The molecule has 0 aliphatic heterocycles. The maximum absolute atomic E-state index is 4.75. The second-order valence-corrected chi connectivity index (χ2v) is 8.21. The maximum atomic E-state index is 4.75. The lowest BCUT2D eigenvalue weighted by molar-refractivity contribution is 0.741. The van der Waals surface area contributed by atoms with Gasteiger partial charge in [0.05, 0.1) is 34.0 Å². The van der Waals surface area contributed by atoms with Crippen LogP contribution in [0.15, 0.2) is 18.5 Å². The Morgan fingerprint density at radius 2 is 1.92 bits per heavy atom. The number of hydrogen-bond acceptors (Lipinski definition) is 6. The average Bonchev–Trinajstić information content (AvgIpc) is 3.01. The van der Waals surface area contributed by atoms with E-state index in [1.54, 1.807) is 22.0 Å². The summed E-state index contributed by atoms with van der Waals surface area (Å²) < 4.78 is 3.70. The van der Waals surface area contributed by atoms with Gasteiger partial charge in [-0.2, -0.15) is 10.2 Å². The molecule has 0 N–H and O–H groups in total. The molecule has 4 aromatic heterocycles. The molecule has 0 aromatic carbocycles. The number of imidazole rings is 1. The maximum Gasteiger partial charge on any atom is 0.251 e. The van der Waals surface area contributed by atoms with E-state index in [4.69, 9.17) is 10.2 Å². The summed E-state index contributed by atoms with van der Waals surface area (Å²) in [5.74, 6) is 1.66. The number of aryl methyl sites for hydroxylation is 4. The molecule has 8 heteroatoms. The molecule has 1 aliphatic carbocycles. The number of aromatic nitrogens is 7. The Bertz CT molecular complexity index is 1140. The molecule has 1 aliphatic rings. The highest BCUT2D eigenvalue weighted by molar-refractivity contribution is 7.11. The Labute approximate surface area is 154 Å². The SMILES string of the molecule is Cc1ncc([C@@H]2C[C@H]2c2cc(-c3cnc4nc(C)c(C)n4n3)n(C)n2)s1. The summed E-state index contributed by atoms with van der Waals surface area (Å²) in [5, 5.41) is 10.6. The predicted octanol–water partition coefficient (Wildman–Crippen LogP) is 3.18. The summed E-state index contributed by atoms with van der Waals surface area (Å²) in [7, 11) is 1.96. The molecule has 1 saturated carbocycles. The van der Waals surface area contributed by atoms with E-state index in [0.717, 1.165) is 39.9 Å². The van der Waals surface area contributed by atoms with Crippen molar-refractivity contribution in [2.75, 3.05) is 0 Å². The highest BCUT2D eigenvalue weighted by atomic mass is 32.1. The predicted molar refractivity (Wildman–Crippen MR) is 99.4 cm³/mol. The van der Waals surface area contributed by atoms with Crippen LogP contribution in [-0.4, -0.2) is 34.3 Å². The van der Waals surface area contributed by atoms with Crippen molar-refractivity contribution in [3.8, 4) is 11.4 Å². The van der Waals surface area contributed by atoms with Crippen LogP contribution < -0.4 is 0 Å². The van der Waals surface area contributed by atoms with Crippen LogP contribution in [0.5, 0.6) is 0 Å². The molecule has 0 spiro atoms.